The fourth-order valence-corrected chi connectivity index (χ4v) is 4.41. The molecule has 0 radical (unpaired) electrons. The highest BCUT2D eigenvalue weighted by molar-refractivity contribution is 7.13. The maximum Gasteiger partial charge on any atom is 0.257 e. The van der Waals surface area contributed by atoms with Gasteiger partial charge in [-0.05, 0) is 43.7 Å². The molecule has 0 bridgehead atoms. The Bertz CT molecular complexity index is 1210. The summed E-state index contributed by atoms with van der Waals surface area (Å²) in [5.41, 5.74) is 4.07. The second-order valence-electron chi connectivity index (χ2n) is 7.82. The largest absolute Gasteiger partial charge is 0.364 e. The summed E-state index contributed by atoms with van der Waals surface area (Å²) in [6, 6.07) is 5.60. The van der Waals surface area contributed by atoms with Gasteiger partial charge in [0.2, 0.25) is 0 Å². The Kier molecular flexibility index (Phi) is 4.90. The lowest BCUT2D eigenvalue weighted by atomic mass is 10.1. The zero-order chi connectivity index (χ0) is 21.5. The average molecular weight is 435 g/mol. The molecule has 1 saturated carbocycles. The number of nitrogens with zero attached hydrogens (tertiary/aromatic N) is 6. The predicted molar refractivity (Wildman–Crippen MR) is 116 cm³/mol. The summed E-state index contributed by atoms with van der Waals surface area (Å²) in [6.07, 6.45) is 7.01. The lowest BCUT2D eigenvalue weighted by molar-refractivity contribution is 0.0736. The molecular weight excluding hydrogens is 412 g/mol. The fraction of sp³-hybridized carbons (Fsp3) is 0.318. The number of carbonyl (C=O) groups is 1. The molecule has 1 aliphatic rings. The topological polar surface area (TPSA) is 89.9 Å². The SMILES string of the molecule is Cc1cnc(-n2ncc(C(=O)N(C)C(C)c3ccon3)c2C2CC2)nc1-c1cccs1. The van der Waals surface area contributed by atoms with Crippen molar-refractivity contribution in [2.45, 2.75) is 38.6 Å². The quantitative estimate of drug-likeness (QED) is 0.447. The van der Waals surface area contributed by atoms with Gasteiger partial charge < -0.3 is 9.42 Å². The van der Waals surface area contributed by atoms with Crippen molar-refractivity contribution in [2.24, 2.45) is 0 Å². The van der Waals surface area contributed by atoms with Crippen molar-refractivity contribution >= 4 is 17.2 Å². The normalized spacial score (nSPS) is 14.5. The monoisotopic (exact) mass is 434 g/mol. The first kappa shape index (κ1) is 19.6. The molecule has 0 aromatic carbocycles. The third-order valence-corrected chi connectivity index (χ3v) is 6.57. The Morgan fingerprint density at radius 2 is 2.16 bits per heavy atom. The van der Waals surface area contributed by atoms with Crippen LogP contribution in [0.4, 0.5) is 0 Å². The van der Waals surface area contributed by atoms with E-state index in [1.165, 1.54) is 6.26 Å². The van der Waals surface area contributed by atoms with Crippen molar-refractivity contribution in [2.75, 3.05) is 7.05 Å². The Hall–Kier alpha value is -3.33. The summed E-state index contributed by atoms with van der Waals surface area (Å²) >= 11 is 1.64. The standard InChI is InChI=1S/C22H22N6O2S/c1-13-11-23-22(25-19(13)18-5-4-10-31-18)28-20(15-6-7-15)16(12-24-28)21(29)27(3)14(2)17-8-9-30-26-17/h4-5,8-12,14-15H,6-7H2,1-3H3. The summed E-state index contributed by atoms with van der Waals surface area (Å²) in [5.74, 6) is 0.670. The van der Waals surface area contributed by atoms with Crippen LogP contribution in [-0.2, 0) is 0 Å². The molecule has 1 unspecified atom stereocenters. The van der Waals surface area contributed by atoms with Crippen LogP contribution < -0.4 is 0 Å². The number of hydrogen-bond acceptors (Lipinski definition) is 7. The van der Waals surface area contributed by atoms with Gasteiger partial charge in [0, 0.05) is 25.2 Å². The lowest BCUT2D eigenvalue weighted by Gasteiger charge is -2.23. The van der Waals surface area contributed by atoms with Crippen LogP contribution >= 0.6 is 11.3 Å². The van der Waals surface area contributed by atoms with Gasteiger partial charge in [0.15, 0.2) is 0 Å². The van der Waals surface area contributed by atoms with Crippen molar-refractivity contribution in [1.29, 1.82) is 0 Å². The first-order valence-corrected chi connectivity index (χ1v) is 11.1. The number of carbonyl (C=O) groups excluding carboxylic acids is 1. The molecular formula is C22H22N6O2S. The number of amides is 1. The Labute approximate surface area is 183 Å². The number of aromatic nitrogens is 5. The van der Waals surface area contributed by atoms with Gasteiger partial charge in [-0.2, -0.15) is 5.10 Å². The van der Waals surface area contributed by atoms with Crippen LogP contribution in [0.25, 0.3) is 16.5 Å². The lowest BCUT2D eigenvalue weighted by Crippen LogP contribution is -2.30. The van der Waals surface area contributed by atoms with Crippen molar-refractivity contribution < 1.29 is 9.32 Å². The van der Waals surface area contributed by atoms with E-state index in [9.17, 15) is 4.79 Å². The molecule has 4 aromatic rings. The summed E-state index contributed by atoms with van der Waals surface area (Å²) in [4.78, 5) is 25.4. The molecule has 1 amide bonds. The van der Waals surface area contributed by atoms with Crippen LogP contribution in [0.5, 0.6) is 0 Å². The third kappa shape index (κ3) is 3.54. The van der Waals surface area contributed by atoms with Gasteiger partial charge in [-0.1, -0.05) is 11.2 Å². The fourth-order valence-electron chi connectivity index (χ4n) is 3.63. The predicted octanol–water partition coefficient (Wildman–Crippen LogP) is 4.40. The number of thiophene rings is 1. The minimum Gasteiger partial charge on any atom is -0.364 e. The molecule has 9 heteroatoms. The van der Waals surface area contributed by atoms with Crippen molar-refractivity contribution in [3.63, 3.8) is 0 Å². The van der Waals surface area contributed by atoms with Gasteiger partial charge in [0.25, 0.3) is 11.9 Å². The van der Waals surface area contributed by atoms with E-state index in [0.29, 0.717) is 17.2 Å². The van der Waals surface area contributed by atoms with Gasteiger partial charge in [-0.15, -0.1) is 11.3 Å². The van der Waals surface area contributed by atoms with E-state index in [0.717, 1.165) is 34.7 Å². The highest BCUT2D eigenvalue weighted by Gasteiger charge is 2.35. The van der Waals surface area contributed by atoms with Gasteiger partial charge in [0.1, 0.15) is 12.0 Å². The summed E-state index contributed by atoms with van der Waals surface area (Å²) < 4.78 is 6.67. The first-order valence-electron chi connectivity index (χ1n) is 10.2. The number of hydrogen-bond donors (Lipinski definition) is 0. The summed E-state index contributed by atoms with van der Waals surface area (Å²) in [5, 5.41) is 10.5. The minimum absolute atomic E-state index is 0.103. The minimum atomic E-state index is -0.220. The van der Waals surface area contributed by atoms with E-state index in [2.05, 4.69) is 15.2 Å². The molecule has 1 fully saturated rings. The summed E-state index contributed by atoms with van der Waals surface area (Å²) in [7, 11) is 1.77. The molecule has 0 N–H and O–H groups in total. The van der Waals surface area contributed by atoms with Crippen LogP contribution in [0, 0.1) is 6.92 Å². The molecule has 0 aliphatic heterocycles. The maximum absolute atomic E-state index is 13.4. The van der Waals surface area contributed by atoms with Gasteiger partial charge >= 0.3 is 0 Å². The van der Waals surface area contributed by atoms with Crippen LogP contribution in [0.2, 0.25) is 0 Å². The maximum atomic E-state index is 13.4. The van der Waals surface area contributed by atoms with E-state index in [4.69, 9.17) is 9.51 Å². The zero-order valence-corrected chi connectivity index (χ0v) is 18.3. The summed E-state index contributed by atoms with van der Waals surface area (Å²) in [6.45, 7) is 3.92. The molecule has 1 aliphatic carbocycles. The van der Waals surface area contributed by atoms with E-state index in [1.54, 1.807) is 40.2 Å². The Balaban J connectivity index is 1.53. The van der Waals surface area contributed by atoms with Crippen LogP contribution in [-0.4, -0.2) is 42.8 Å². The van der Waals surface area contributed by atoms with Crippen LogP contribution in [0.3, 0.4) is 0 Å². The molecule has 0 saturated heterocycles. The van der Waals surface area contributed by atoms with Gasteiger partial charge in [0.05, 0.1) is 34.1 Å². The molecule has 4 aromatic heterocycles. The van der Waals surface area contributed by atoms with Crippen LogP contribution in [0.1, 0.15) is 59.0 Å². The first-order chi connectivity index (χ1) is 15.0. The highest BCUT2D eigenvalue weighted by atomic mass is 32.1. The molecule has 0 spiro atoms. The smallest absolute Gasteiger partial charge is 0.257 e. The van der Waals surface area contributed by atoms with E-state index in [1.807, 2.05) is 37.6 Å². The van der Waals surface area contributed by atoms with E-state index in [-0.39, 0.29) is 17.9 Å². The molecule has 158 valence electrons. The van der Waals surface area contributed by atoms with Crippen molar-refractivity contribution in [1.82, 2.24) is 29.8 Å². The van der Waals surface area contributed by atoms with Gasteiger partial charge in [-0.25, -0.2) is 14.6 Å². The second kappa shape index (κ2) is 7.73. The zero-order valence-electron chi connectivity index (χ0n) is 17.5. The third-order valence-electron chi connectivity index (χ3n) is 5.69. The van der Waals surface area contributed by atoms with Gasteiger partial charge in [-0.3, -0.25) is 4.79 Å². The molecule has 5 rings (SSSR count). The molecule has 4 heterocycles. The van der Waals surface area contributed by atoms with E-state index >= 15 is 0 Å². The number of aryl methyl sites for hydroxylation is 1. The molecule has 1 atom stereocenters. The Morgan fingerprint density at radius 1 is 1.32 bits per heavy atom. The molecule has 8 nitrogen and oxygen atoms in total. The second-order valence-corrected chi connectivity index (χ2v) is 8.77. The number of rotatable bonds is 6. The highest BCUT2D eigenvalue weighted by Crippen LogP contribution is 2.43. The van der Waals surface area contributed by atoms with Crippen molar-refractivity contribution in [3.05, 3.63) is 64.8 Å². The van der Waals surface area contributed by atoms with Crippen LogP contribution in [0.15, 0.2) is 46.8 Å². The Morgan fingerprint density at radius 3 is 2.84 bits per heavy atom. The molecule has 31 heavy (non-hydrogen) atoms. The van der Waals surface area contributed by atoms with Crippen molar-refractivity contribution in [3.8, 4) is 16.5 Å². The average Bonchev–Trinajstić information content (AvgIpc) is 3.23. The van der Waals surface area contributed by atoms with E-state index < -0.39 is 0 Å².